The number of amides is 3. The van der Waals surface area contributed by atoms with E-state index in [4.69, 9.17) is 21.4 Å². The Morgan fingerprint density at radius 1 is 1.38 bits per heavy atom. The molecule has 1 aliphatic rings. The molecule has 0 aromatic heterocycles. The summed E-state index contributed by atoms with van der Waals surface area (Å²) in [6.45, 7) is 4.38. The Bertz CT molecular complexity index is 615. The van der Waals surface area contributed by atoms with Gasteiger partial charge in [0.2, 0.25) is 5.91 Å². The van der Waals surface area contributed by atoms with Crippen LogP contribution < -0.4 is 21.3 Å². The van der Waals surface area contributed by atoms with Crippen LogP contribution in [0.25, 0.3) is 0 Å². The number of anilines is 1. The van der Waals surface area contributed by atoms with E-state index in [2.05, 4.69) is 10.6 Å². The number of urea groups is 1. The van der Waals surface area contributed by atoms with E-state index in [0.29, 0.717) is 25.1 Å². The van der Waals surface area contributed by atoms with Crippen molar-refractivity contribution in [3.8, 4) is 0 Å². The number of nitrogens with two attached hydrogens (primary N) is 1. The minimum Gasteiger partial charge on any atom is -0.384 e. The second kappa shape index (κ2) is 10.4. The van der Waals surface area contributed by atoms with E-state index < -0.39 is 12.3 Å². The first-order valence-electron chi connectivity index (χ1n) is 8.42. The number of carbonyl (C=O) groups excluding carboxylic acids is 2. The Labute approximate surface area is 152 Å². The lowest BCUT2D eigenvalue weighted by Gasteiger charge is -2.17. The van der Waals surface area contributed by atoms with E-state index in [1.54, 1.807) is 29.2 Å². The Morgan fingerprint density at radius 3 is 2.46 bits per heavy atom. The van der Waals surface area contributed by atoms with Gasteiger partial charge in [-0.3, -0.25) is 10.2 Å². The number of aliphatic hydroxyl groups excluding tert-OH is 1. The van der Waals surface area contributed by atoms with Crippen LogP contribution in [0.1, 0.15) is 32.3 Å². The number of nitrogens with zero attached hydrogens (tertiary/aromatic N) is 1. The number of carbonyl (C=O) groups is 2. The summed E-state index contributed by atoms with van der Waals surface area (Å²) < 4.78 is 0. The Kier molecular flexibility index (Phi) is 8.53. The van der Waals surface area contributed by atoms with Crippen molar-refractivity contribution in [3.63, 3.8) is 0 Å². The molecule has 0 spiro atoms. The van der Waals surface area contributed by atoms with Crippen molar-refractivity contribution in [1.82, 2.24) is 10.6 Å². The maximum absolute atomic E-state index is 12.4. The van der Waals surface area contributed by atoms with Crippen LogP contribution in [0.3, 0.4) is 0 Å². The van der Waals surface area contributed by atoms with Crippen LogP contribution in [0.2, 0.25) is 0 Å². The maximum Gasteiger partial charge on any atom is 0.315 e. The van der Waals surface area contributed by atoms with Crippen LogP contribution >= 0.6 is 0 Å². The topological polar surface area (TPSA) is 152 Å². The van der Waals surface area contributed by atoms with Crippen molar-refractivity contribution in [1.29, 1.82) is 5.41 Å². The third-order valence-electron chi connectivity index (χ3n) is 3.54. The first kappa shape index (κ1) is 21.4. The molecule has 0 radical (unpaired) electrons. The highest BCUT2D eigenvalue weighted by atomic mass is 16.5. The molecule has 1 aromatic rings. The predicted octanol–water partition coefficient (Wildman–Crippen LogP) is 0.102. The molecule has 1 aromatic carbocycles. The van der Waals surface area contributed by atoms with Crippen LogP contribution in [-0.2, 0) is 4.79 Å². The number of nitrogens with one attached hydrogen (secondary N) is 3. The SMILES string of the molecule is CC(O)O.CCCNC(=O)N[C@H]1CCN(c2ccc(C(=N)N)cc2)C1=O. The smallest absolute Gasteiger partial charge is 0.315 e. The molecule has 9 nitrogen and oxygen atoms in total. The highest BCUT2D eigenvalue weighted by Gasteiger charge is 2.33. The summed E-state index contributed by atoms with van der Waals surface area (Å²) in [4.78, 5) is 25.6. The van der Waals surface area contributed by atoms with Gasteiger partial charge >= 0.3 is 6.03 Å². The third-order valence-corrected chi connectivity index (χ3v) is 3.54. The Morgan fingerprint density at radius 2 is 1.96 bits per heavy atom. The van der Waals surface area contributed by atoms with Crippen molar-refractivity contribution in [2.24, 2.45) is 5.73 Å². The fraction of sp³-hybridized carbons (Fsp3) is 0.471. The molecule has 26 heavy (non-hydrogen) atoms. The fourth-order valence-electron chi connectivity index (χ4n) is 2.34. The quantitative estimate of drug-likeness (QED) is 0.248. The Hall–Kier alpha value is -2.65. The molecule has 0 bridgehead atoms. The van der Waals surface area contributed by atoms with Crippen molar-refractivity contribution in [2.75, 3.05) is 18.0 Å². The molecule has 9 heteroatoms. The van der Waals surface area contributed by atoms with E-state index in [1.807, 2.05) is 6.92 Å². The normalized spacial score (nSPS) is 16.1. The number of benzene rings is 1. The van der Waals surface area contributed by atoms with Gasteiger partial charge in [0.1, 0.15) is 18.2 Å². The van der Waals surface area contributed by atoms with Crippen LogP contribution in [0.15, 0.2) is 24.3 Å². The van der Waals surface area contributed by atoms with E-state index in [-0.39, 0.29) is 17.8 Å². The summed E-state index contributed by atoms with van der Waals surface area (Å²) in [5, 5.41) is 28.0. The molecule has 0 aliphatic carbocycles. The fourth-order valence-corrected chi connectivity index (χ4v) is 2.34. The lowest BCUT2D eigenvalue weighted by Crippen LogP contribution is -2.46. The van der Waals surface area contributed by atoms with Crippen molar-refractivity contribution in [3.05, 3.63) is 29.8 Å². The second-order valence-electron chi connectivity index (χ2n) is 5.82. The maximum atomic E-state index is 12.4. The molecule has 1 heterocycles. The van der Waals surface area contributed by atoms with Gasteiger partial charge in [0.25, 0.3) is 0 Å². The highest BCUT2D eigenvalue weighted by Crippen LogP contribution is 2.22. The zero-order valence-corrected chi connectivity index (χ0v) is 15.0. The molecule has 0 saturated carbocycles. The summed E-state index contributed by atoms with van der Waals surface area (Å²) in [6, 6.07) is 6.13. The summed E-state index contributed by atoms with van der Waals surface area (Å²) in [5.41, 5.74) is 6.77. The summed E-state index contributed by atoms with van der Waals surface area (Å²) in [7, 11) is 0. The van der Waals surface area contributed by atoms with Gasteiger partial charge in [-0.15, -0.1) is 0 Å². The highest BCUT2D eigenvalue weighted by molar-refractivity contribution is 6.02. The van der Waals surface area contributed by atoms with Crippen LogP contribution in [-0.4, -0.2) is 53.4 Å². The van der Waals surface area contributed by atoms with Gasteiger partial charge in [0.05, 0.1) is 0 Å². The number of amidine groups is 1. The van der Waals surface area contributed by atoms with E-state index in [0.717, 1.165) is 12.1 Å². The molecule has 144 valence electrons. The van der Waals surface area contributed by atoms with Gasteiger partial charge < -0.3 is 31.5 Å². The zero-order valence-electron chi connectivity index (χ0n) is 15.0. The number of aliphatic hydroxyl groups is 2. The van der Waals surface area contributed by atoms with Gasteiger partial charge in [0.15, 0.2) is 0 Å². The molecule has 7 N–H and O–H groups in total. The molecule has 1 atom stereocenters. The van der Waals surface area contributed by atoms with Gasteiger partial charge in [0, 0.05) is 24.3 Å². The largest absolute Gasteiger partial charge is 0.384 e. The van der Waals surface area contributed by atoms with Gasteiger partial charge in [-0.1, -0.05) is 6.92 Å². The monoisotopic (exact) mass is 365 g/mol. The Balaban J connectivity index is 0.000000765. The average molecular weight is 365 g/mol. The number of rotatable bonds is 5. The molecule has 2 rings (SSSR count). The molecule has 3 amide bonds. The second-order valence-corrected chi connectivity index (χ2v) is 5.82. The van der Waals surface area contributed by atoms with Gasteiger partial charge in [-0.2, -0.15) is 0 Å². The van der Waals surface area contributed by atoms with E-state index >= 15 is 0 Å². The van der Waals surface area contributed by atoms with Crippen molar-refractivity contribution < 1.29 is 19.8 Å². The number of hydrogen-bond donors (Lipinski definition) is 6. The van der Waals surface area contributed by atoms with Gasteiger partial charge in [-0.25, -0.2) is 4.79 Å². The van der Waals surface area contributed by atoms with Crippen LogP contribution in [0, 0.1) is 5.41 Å². The molecule has 0 unspecified atom stereocenters. The molecular weight excluding hydrogens is 338 g/mol. The van der Waals surface area contributed by atoms with E-state index in [9.17, 15) is 9.59 Å². The average Bonchev–Trinajstić information content (AvgIpc) is 2.93. The molecular formula is C17H27N5O4. The molecule has 1 saturated heterocycles. The van der Waals surface area contributed by atoms with Crippen LogP contribution in [0.4, 0.5) is 10.5 Å². The third kappa shape index (κ3) is 6.69. The summed E-state index contributed by atoms with van der Waals surface area (Å²) in [6.07, 6.45) is 0.257. The van der Waals surface area contributed by atoms with Crippen molar-refractivity contribution in [2.45, 2.75) is 39.0 Å². The zero-order chi connectivity index (χ0) is 19.7. The molecule has 1 aliphatic heterocycles. The van der Waals surface area contributed by atoms with Crippen molar-refractivity contribution >= 4 is 23.5 Å². The minimum atomic E-state index is -1.17. The first-order chi connectivity index (χ1) is 12.3. The number of hydrogen-bond acceptors (Lipinski definition) is 5. The molecule has 1 fully saturated rings. The summed E-state index contributed by atoms with van der Waals surface area (Å²) >= 11 is 0. The number of nitrogen functional groups attached to an aromatic ring is 1. The summed E-state index contributed by atoms with van der Waals surface area (Å²) in [5.74, 6) is -0.131. The van der Waals surface area contributed by atoms with E-state index in [1.165, 1.54) is 6.92 Å². The predicted molar refractivity (Wildman–Crippen MR) is 98.9 cm³/mol. The lowest BCUT2D eigenvalue weighted by molar-refractivity contribution is -0.118. The first-order valence-corrected chi connectivity index (χ1v) is 8.42. The van der Waals surface area contributed by atoms with Gasteiger partial charge in [-0.05, 0) is 44.0 Å². The lowest BCUT2D eigenvalue weighted by atomic mass is 10.2. The minimum absolute atomic E-state index is 0.00793. The standard InChI is InChI=1S/C15H21N5O2.C2H6O2/c1-2-8-18-15(22)19-12-7-9-20(14(12)21)11-5-3-10(4-6-11)13(16)17;1-2(3)4/h3-6,12H,2,7-9H2,1H3,(H3,16,17)(H2,18,19,22);2-4H,1H3/t12-;/m0./s1. The van der Waals surface area contributed by atoms with Crippen LogP contribution in [0.5, 0.6) is 0 Å².